The van der Waals surface area contributed by atoms with Crippen LogP contribution in [-0.2, 0) is 4.79 Å². The summed E-state index contributed by atoms with van der Waals surface area (Å²) in [6.07, 6.45) is 0.983. The van der Waals surface area contributed by atoms with Crippen LogP contribution in [0.4, 0.5) is 0 Å². The highest BCUT2D eigenvalue weighted by molar-refractivity contribution is 5.73. The summed E-state index contributed by atoms with van der Waals surface area (Å²) in [5.41, 5.74) is 2.60. The van der Waals surface area contributed by atoms with Crippen molar-refractivity contribution in [3.8, 4) is 0 Å². The summed E-state index contributed by atoms with van der Waals surface area (Å²) in [5, 5.41) is 12.1. The average molecular weight is 219 g/mol. The van der Waals surface area contributed by atoms with E-state index in [9.17, 15) is 4.79 Å². The molecule has 86 valence electrons. The highest BCUT2D eigenvalue weighted by Crippen LogP contribution is 2.39. The lowest BCUT2D eigenvalue weighted by Gasteiger charge is -2.17. The van der Waals surface area contributed by atoms with Gasteiger partial charge in [-0.25, -0.2) is 0 Å². The number of nitrogens with one attached hydrogen (secondary N) is 1. The molecule has 3 atom stereocenters. The Bertz CT molecular complexity index is 403. The smallest absolute Gasteiger partial charge is 0.320 e. The van der Waals surface area contributed by atoms with E-state index < -0.39 is 12.0 Å². The minimum atomic E-state index is -0.794. The van der Waals surface area contributed by atoms with Crippen LogP contribution in [-0.4, -0.2) is 17.1 Å². The van der Waals surface area contributed by atoms with Crippen molar-refractivity contribution >= 4 is 5.97 Å². The fourth-order valence-electron chi connectivity index (χ4n) is 2.42. The molecule has 1 aromatic carbocycles. The molecule has 0 radical (unpaired) electrons. The lowest BCUT2D eigenvalue weighted by atomic mass is 10.0. The number of carboxylic acids is 1. The number of aliphatic carboxylic acids is 1. The second kappa shape index (κ2) is 4.26. The monoisotopic (exact) mass is 219 g/mol. The Morgan fingerprint density at radius 3 is 2.69 bits per heavy atom. The van der Waals surface area contributed by atoms with E-state index in [2.05, 4.69) is 24.4 Å². The number of carbonyl (C=O) groups is 1. The maximum absolute atomic E-state index is 10.8. The zero-order valence-corrected chi connectivity index (χ0v) is 9.60. The van der Waals surface area contributed by atoms with Crippen molar-refractivity contribution in [2.24, 2.45) is 0 Å². The molecule has 2 rings (SSSR count). The van der Waals surface area contributed by atoms with E-state index in [-0.39, 0.29) is 6.04 Å². The molecule has 3 unspecified atom stereocenters. The third-order valence-corrected chi connectivity index (χ3v) is 3.31. The Morgan fingerprint density at radius 1 is 1.44 bits per heavy atom. The molecule has 0 aliphatic heterocycles. The van der Waals surface area contributed by atoms with Gasteiger partial charge in [0.05, 0.1) is 0 Å². The van der Waals surface area contributed by atoms with Crippen LogP contribution in [0.15, 0.2) is 24.3 Å². The molecule has 1 aromatic rings. The van der Waals surface area contributed by atoms with Crippen LogP contribution in [0.2, 0.25) is 0 Å². The Balaban J connectivity index is 2.18. The lowest BCUT2D eigenvalue weighted by Crippen LogP contribution is -2.35. The largest absolute Gasteiger partial charge is 0.480 e. The molecule has 3 heteroatoms. The van der Waals surface area contributed by atoms with E-state index in [1.807, 2.05) is 12.1 Å². The molecule has 1 aliphatic carbocycles. The number of carboxylic acid groups (broad SMARTS) is 1. The van der Waals surface area contributed by atoms with Gasteiger partial charge in [0.15, 0.2) is 0 Å². The number of fused-ring (bicyclic) bond motifs is 1. The van der Waals surface area contributed by atoms with E-state index in [4.69, 9.17) is 5.11 Å². The molecule has 1 aliphatic rings. The summed E-state index contributed by atoms with van der Waals surface area (Å²) in [6.45, 7) is 3.87. The fourth-order valence-corrected chi connectivity index (χ4v) is 2.42. The second-order valence-electron chi connectivity index (χ2n) is 4.54. The molecule has 16 heavy (non-hydrogen) atoms. The van der Waals surface area contributed by atoms with Gasteiger partial charge in [-0.2, -0.15) is 0 Å². The van der Waals surface area contributed by atoms with Crippen LogP contribution in [0.25, 0.3) is 0 Å². The van der Waals surface area contributed by atoms with Crippen LogP contribution >= 0.6 is 0 Å². The molecule has 3 nitrogen and oxygen atoms in total. The first kappa shape index (κ1) is 11.1. The van der Waals surface area contributed by atoms with Gasteiger partial charge in [0, 0.05) is 6.04 Å². The summed E-state index contributed by atoms with van der Waals surface area (Å²) in [7, 11) is 0. The van der Waals surface area contributed by atoms with E-state index >= 15 is 0 Å². The predicted molar refractivity (Wildman–Crippen MR) is 62.4 cm³/mol. The highest BCUT2D eigenvalue weighted by Gasteiger charge is 2.29. The Kier molecular flexibility index (Phi) is 2.97. The minimum absolute atomic E-state index is 0.178. The molecule has 0 saturated heterocycles. The number of benzene rings is 1. The molecule has 2 N–H and O–H groups in total. The lowest BCUT2D eigenvalue weighted by molar-refractivity contribution is -0.139. The van der Waals surface area contributed by atoms with Gasteiger partial charge in [-0.1, -0.05) is 31.2 Å². The maximum Gasteiger partial charge on any atom is 0.320 e. The highest BCUT2D eigenvalue weighted by atomic mass is 16.4. The summed E-state index contributed by atoms with van der Waals surface area (Å²) in [5.74, 6) is -0.285. The first-order valence-corrected chi connectivity index (χ1v) is 5.67. The van der Waals surface area contributed by atoms with E-state index in [0.717, 1.165) is 6.42 Å². The maximum atomic E-state index is 10.8. The molecule has 0 heterocycles. The van der Waals surface area contributed by atoms with Gasteiger partial charge in [0.25, 0.3) is 0 Å². The van der Waals surface area contributed by atoms with Gasteiger partial charge < -0.3 is 5.11 Å². The Morgan fingerprint density at radius 2 is 2.06 bits per heavy atom. The second-order valence-corrected chi connectivity index (χ2v) is 4.54. The van der Waals surface area contributed by atoms with E-state index in [1.165, 1.54) is 11.1 Å². The topological polar surface area (TPSA) is 49.3 Å². The Labute approximate surface area is 95.5 Å². The van der Waals surface area contributed by atoms with Crippen molar-refractivity contribution < 1.29 is 9.90 Å². The van der Waals surface area contributed by atoms with Gasteiger partial charge in [-0.05, 0) is 30.4 Å². The average Bonchev–Trinajstić information content (AvgIpc) is 2.57. The third kappa shape index (κ3) is 1.95. The van der Waals surface area contributed by atoms with Gasteiger partial charge in [0.1, 0.15) is 6.04 Å². The van der Waals surface area contributed by atoms with E-state index in [0.29, 0.717) is 5.92 Å². The summed E-state index contributed by atoms with van der Waals surface area (Å²) >= 11 is 0. The molecule has 0 fully saturated rings. The van der Waals surface area contributed by atoms with Gasteiger partial charge >= 0.3 is 5.97 Å². The molecule has 0 amide bonds. The quantitative estimate of drug-likeness (QED) is 0.820. The fraction of sp³-hybridized carbons (Fsp3) is 0.462. The van der Waals surface area contributed by atoms with Gasteiger partial charge in [0.2, 0.25) is 0 Å². The first-order valence-electron chi connectivity index (χ1n) is 5.67. The van der Waals surface area contributed by atoms with Crippen molar-refractivity contribution in [2.45, 2.75) is 38.3 Å². The van der Waals surface area contributed by atoms with Crippen molar-refractivity contribution in [2.75, 3.05) is 0 Å². The Hall–Kier alpha value is -1.35. The van der Waals surface area contributed by atoms with Crippen LogP contribution < -0.4 is 5.32 Å². The number of rotatable bonds is 3. The number of hydrogen-bond acceptors (Lipinski definition) is 2. The number of hydrogen-bond donors (Lipinski definition) is 2. The molecule has 0 aromatic heterocycles. The van der Waals surface area contributed by atoms with Gasteiger partial charge in [-0.15, -0.1) is 0 Å². The van der Waals surface area contributed by atoms with E-state index in [1.54, 1.807) is 6.92 Å². The summed E-state index contributed by atoms with van der Waals surface area (Å²) in [6, 6.07) is 7.95. The van der Waals surface area contributed by atoms with Crippen molar-refractivity contribution in [3.05, 3.63) is 35.4 Å². The minimum Gasteiger partial charge on any atom is -0.480 e. The van der Waals surface area contributed by atoms with Gasteiger partial charge in [-0.3, -0.25) is 10.1 Å². The predicted octanol–water partition coefficient (Wildman–Crippen LogP) is 2.30. The zero-order valence-electron chi connectivity index (χ0n) is 9.60. The van der Waals surface area contributed by atoms with Crippen molar-refractivity contribution in [1.29, 1.82) is 0 Å². The first-order chi connectivity index (χ1) is 7.59. The summed E-state index contributed by atoms with van der Waals surface area (Å²) < 4.78 is 0. The van der Waals surface area contributed by atoms with Crippen LogP contribution in [0.3, 0.4) is 0 Å². The molecule has 0 bridgehead atoms. The molecular formula is C13H17NO2. The van der Waals surface area contributed by atoms with Crippen LogP contribution in [0.1, 0.15) is 43.4 Å². The third-order valence-electron chi connectivity index (χ3n) is 3.31. The van der Waals surface area contributed by atoms with Crippen molar-refractivity contribution in [3.63, 3.8) is 0 Å². The SMILES string of the molecule is CC(NC1CC(C)c2ccccc21)C(=O)O. The molecule has 0 spiro atoms. The van der Waals surface area contributed by atoms with Crippen molar-refractivity contribution in [1.82, 2.24) is 5.32 Å². The van der Waals surface area contributed by atoms with Crippen LogP contribution in [0.5, 0.6) is 0 Å². The normalized spacial score (nSPS) is 25.1. The summed E-state index contributed by atoms with van der Waals surface area (Å²) in [4.78, 5) is 10.8. The molecule has 0 saturated carbocycles. The van der Waals surface area contributed by atoms with Crippen LogP contribution in [0, 0.1) is 0 Å². The standard InChI is InChI=1S/C13H17NO2/c1-8-7-12(14-9(2)13(15)16)11-6-4-3-5-10(8)11/h3-6,8-9,12,14H,7H2,1-2H3,(H,15,16). The zero-order chi connectivity index (χ0) is 11.7. The molecular weight excluding hydrogens is 202 g/mol.